The van der Waals surface area contributed by atoms with Gasteiger partial charge in [0, 0.05) is 23.2 Å². The molecule has 12 heteroatoms. The lowest BCUT2D eigenvalue weighted by Crippen LogP contribution is -2.17. The number of alkyl halides is 3. The maximum absolute atomic E-state index is 12.9. The Bertz CT molecular complexity index is 1500. The lowest BCUT2D eigenvalue weighted by molar-refractivity contribution is -0.137. The average molecular weight is 490 g/mol. The summed E-state index contributed by atoms with van der Waals surface area (Å²) in [5.41, 5.74) is 1.02. The predicted octanol–water partition coefficient (Wildman–Crippen LogP) is 4.74. The molecule has 0 saturated carbocycles. The third kappa shape index (κ3) is 4.86. The van der Waals surface area contributed by atoms with Crippen molar-refractivity contribution in [2.45, 2.75) is 18.0 Å². The molecule has 0 radical (unpaired) electrons. The van der Waals surface area contributed by atoms with Gasteiger partial charge in [0.15, 0.2) is 21.2 Å². The van der Waals surface area contributed by atoms with E-state index in [4.69, 9.17) is 4.74 Å². The molecule has 1 amide bonds. The maximum atomic E-state index is 12.9. The highest BCUT2D eigenvalue weighted by Crippen LogP contribution is 2.31. The number of fused-ring (bicyclic) bond motifs is 1. The predicted molar refractivity (Wildman–Crippen MR) is 117 cm³/mol. The first-order chi connectivity index (χ1) is 15.9. The van der Waals surface area contributed by atoms with E-state index < -0.39 is 27.7 Å². The molecule has 0 fully saturated rings. The number of aromatic nitrogens is 3. The molecule has 0 spiro atoms. The van der Waals surface area contributed by atoms with Gasteiger partial charge in [0.2, 0.25) is 0 Å². The Morgan fingerprint density at radius 3 is 2.44 bits per heavy atom. The minimum atomic E-state index is -4.45. The number of anilines is 1. The van der Waals surface area contributed by atoms with E-state index in [1.165, 1.54) is 47.1 Å². The normalized spacial score (nSPS) is 12.0. The Labute approximate surface area is 191 Å². The first kappa shape index (κ1) is 23.2. The Morgan fingerprint density at radius 1 is 1.09 bits per heavy atom. The van der Waals surface area contributed by atoms with Crippen molar-refractivity contribution in [3.05, 3.63) is 72.1 Å². The second-order valence-electron chi connectivity index (χ2n) is 7.42. The number of amides is 1. The average Bonchev–Trinajstić information content (AvgIpc) is 3.16. The first-order valence-electron chi connectivity index (χ1n) is 9.74. The van der Waals surface area contributed by atoms with Crippen LogP contribution in [0.25, 0.3) is 16.9 Å². The number of hydrogen-bond acceptors (Lipinski definition) is 6. The largest absolute Gasteiger partial charge is 0.417 e. The van der Waals surface area contributed by atoms with Crippen LogP contribution in [-0.4, -0.2) is 35.4 Å². The summed E-state index contributed by atoms with van der Waals surface area (Å²) in [6.07, 6.45) is -3.03. The van der Waals surface area contributed by atoms with Crippen molar-refractivity contribution in [1.82, 2.24) is 14.6 Å². The van der Waals surface area contributed by atoms with Crippen LogP contribution in [0.15, 0.2) is 65.7 Å². The van der Waals surface area contributed by atoms with Gasteiger partial charge in [-0.05, 0) is 43.3 Å². The molecule has 2 heterocycles. The first-order valence-corrected chi connectivity index (χ1v) is 11.6. The number of aryl methyl sites for hydroxylation is 1. The van der Waals surface area contributed by atoms with Crippen molar-refractivity contribution >= 4 is 27.3 Å². The molecule has 0 aliphatic carbocycles. The van der Waals surface area contributed by atoms with Crippen LogP contribution in [0.2, 0.25) is 0 Å². The molecule has 0 aliphatic heterocycles. The van der Waals surface area contributed by atoms with E-state index in [2.05, 4.69) is 15.4 Å². The fourth-order valence-corrected chi connectivity index (χ4v) is 3.86. The highest BCUT2D eigenvalue weighted by molar-refractivity contribution is 7.90. The standard InChI is InChI=1S/C22H17F3N4O4S/c1-13-10-18(14-6-8-15(9-7-14)22(23,24)25)28-20-19(12-26-29(13)20)33-21(30)27-16-4-3-5-17(11-16)34(2,31)32/h3-12H,1-2H3,(H,27,30). The zero-order valence-corrected chi connectivity index (χ0v) is 18.6. The summed E-state index contributed by atoms with van der Waals surface area (Å²) in [6.45, 7) is 1.72. The number of nitrogens with zero attached hydrogens (tertiary/aromatic N) is 3. The molecule has 1 N–H and O–H groups in total. The van der Waals surface area contributed by atoms with E-state index in [0.717, 1.165) is 18.4 Å². The highest BCUT2D eigenvalue weighted by atomic mass is 32.2. The number of rotatable bonds is 4. The number of carbonyl (C=O) groups excluding carboxylic acids is 1. The second kappa shape index (κ2) is 8.45. The van der Waals surface area contributed by atoms with E-state index >= 15 is 0 Å². The summed E-state index contributed by atoms with van der Waals surface area (Å²) in [7, 11) is -3.46. The van der Waals surface area contributed by atoms with Gasteiger partial charge in [0.1, 0.15) is 0 Å². The van der Waals surface area contributed by atoms with Crippen molar-refractivity contribution in [3.63, 3.8) is 0 Å². The van der Waals surface area contributed by atoms with Crippen LogP contribution in [0.5, 0.6) is 5.75 Å². The Morgan fingerprint density at radius 2 is 1.79 bits per heavy atom. The van der Waals surface area contributed by atoms with Gasteiger partial charge in [-0.25, -0.2) is 22.7 Å². The minimum absolute atomic E-state index is 0.00799. The summed E-state index contributed by atoms with van der Waals surface area (Å²) in [5.74, 6) is 0.00799. The van der Waals surface area contributed by atoms with Crippen LogP contribution < -0.4 is 10.1 Å². The van der Waals surface area contributed by atoms with Crippen LogP contribution in [0.4, 0.5) is 23.7 Å². The lowest BCUT2D eigenvalue weighted by atomic mass is 10.1. The van der Waals surface area contributed by atoms with E-state index in [0.29, 0.717) is 17.0 Å². The third-order valence-corrected chi connectivity index (χ3v) is 5.95. The molecule has 8 nitrogen and oxygen atoms in total. The molecule has 4 rings (SSSR count). The van der Waals surface area contributed by atoms with Crippen LogP contribution >= 0.6 is 0 Å². The second-order valence-corrected chi connectivity index (χ2v) is 9.43. The molecule has 0 saturated heterocycles. The molecule has 34 heavy (non-hydrogen) atoms. The van der Waals surface area contributed by atoms with Gasteiger partial charge in [0.05, 0.1) is 22.3 Å². The molecule has 4 aromatic rings. The summed E-state index contributed by atoms with van der Waals surface area (Å²) in [4.78, 5) is 16.8. The maximum Gasteiger partial charge on any atom is 0.417 e. The van der Waals surface area contributed by atoms with Crippen molar-refractivity contribution in [2.75, 3.05) is 11.6 Å². The topological polar surface area (TPSA) is 103 Å². The molecule has 0 unspecified atom stereocenters. The summed E-state index contributed by atoms with van der Waals surface area (Å²) >= 11 is 0. The smallest absolute Gasteiger partial charge is 0.404 e. The fourth-order valence-electron chi connectivity index (χ4n) is 3.19. The number of sulfone groups is 1. The SMILES string of the molecule is Cc1cc(-c2ccc(C(F)(F)F)cc2)nc2c(OC(=O)Nc3cccc(S(C)(=O)=O)c3)cnn12. The number of halogens is 3. The molecular weight excluding hydrogens is 473 g/mol. The van der Waals surface area contributed by atoms with Gasteiger partial charge in [-0.1, -0.05) is 18.2 Å². The van der Waals surface area contributed by atoms with E-state index in [1.54, 1.807) is 13.0 Å². The van der Waals surface area contributed by atoms with E-state index in [-0.39, 0.29) is 22.0 Å². The number of carbonyl (C=O) groups is 1. The molecule has 2 aromatic heterocycles. The van der Waals surface area contributed by atoms with Gasteiger partial charge in [-0.3, -0.25) is 5.32 Å². The van der Waals surface area contributed by atoms with Crippen LogP contribution in [-0.2, 0) is 16.0 Å². The van der Waals surface area contributed by atoms with Crippen molar-refractivity contribution < 1.29 is 31.1 Å². The van der Waals surface area contributed by atoms with Gasteiger partial charge in [-0.15, -0.1) is 0 Å². The minimum Gasteiger partial charge on any atom is -0.404 e. The molecular formula is C22H17F3N4O4S. The summed E-state index contributed by atoms with van der Waals surface area (Å²) < 4.78 is 68.7. The van der Waals surface area contributed by atoms with Crippen LogP contribution in [0.3, 0.4) is 0 Å². The summed E-state index contributed by atoms with van der Waals surface area (Å²) in [6, 6.07) is 11.8. The van der Waals surface area contributed by atoms with Gasteiger partial charge < -0.3 is 4.74 Å². The van der Waals surface area contributed by atoms with E-state index in [9.17, 15) is 26.4 Å². The van der Waals surface area contributed by atoms with Gasteiger partial charge in [-0.2, -0.15) is 18.3 Å². The zero-order chi connectivity index (χ0) is 24.7. The molecule has 0 atom stereocenters. The molecule has 176 valence electrons. The molecule has 0 bridgehead atoms. The number of hydrogen-bond donors (Lipinski definition) is 1. The number of ether oxygens (including phenoxy) is 1. The van der Waals surface area contributed by atoms with E-state index in [1.807, 2.05) is 0 Å². The Kier molecular flexibility index (Phi) is 5.77. The highest BCUT2D eigenvalue weighted by Gasteiger charge is 2.30. The Balaban J connectivity index is 1.60. The van der Waals surface area contributed by atoms with Gasteiger partial charge >= 0.3 is 12.3 Å². The molecule has 2 aromatic carbocycles. The van der Waals surface area contributed by atoms with Gasteiger partial charge in [0.25, 0.3) is 0 Å². The monoisotopic (exact) mass is 490 g/mol. The third-order valence-electron chi connectivity index (χ3n) is 4.84. The van der Waals surface area contributed by atoms with Crippen molar-refractivity contribution in [1.29, 1.82) is 0 Å². The molecule has 0 aliphatic rings. The van der Waals surface area contributed by atoms with Crippen LogP contribution in [0, 0.1) is 6.92 Å². The quantitative estimate of drug-likeness (QED) is 0.443. The Hall–Kier alpha value is -3.93. The summed E-state index contributed by atoms with van der Waals surface area (Å²) in [5, 5.41) is 6.57. The number of benzene rings is 2. The van der Waals surface area contributed by atoms with Crippen LogP contribution in [0.1, 0.15) is 11.3 Å². The van der Waals surface area contributed by atoms with Crippen molar-refractivity contribution in [3.8, 4) is 17.0 Å². The lowest BCUT2D eigenvalue weighted by Gasteiger charge is -2.09. The fraction of sp³-hybridized carbons (Fsp3) is 0.136. The number of nitrogens with one attached hydrogen (secondary N) is 1. The zero-order valence-electron chi connectivity index (χ0n) is 17.8. The van der Waals surface area contributed by atoms with Crippen molar-refractivity contribution in [2.24, 2.45) is 0 Å².